The standard InChI is InChI=1S/C25H32ClN7O4S/c1-31(2)25(37)14-5-7-16(27-21(34)22(35)30-20-8-6-15(26)12-33(20)4)18(11-14)28-23(36)24-29-17-9-10-32(3)13-19(17)38-24/h6,8,12,14,16,18H,5,7,9-11,13H2,1-4H3,(H2,27,28,34,36)/p+1. The van der Waals surface area contributed by atoms with E-state index < -0.39 is 23.9 Å². The van der Waals surface area contributed by atoms with Gasteiger partial charge in [0.1, 0.15) is 6.20 Å². The van der Waals surface area contributed by atoms with E-state index in [2.05, 4.69) is 25.8 Å². The van der Waals surface area contributed by atoms with Crippen LogP contribution in [0, 0.1) is 5.92 Å². The molecule has 0 aromatic carbocycles. The maximum atomic E-state index is 13.2. The second-order valence-electron chi connectivity index (χ2n) is 10.1. The lowest BCUT2D eigenvalue weighted by atomic mass is 9.81. The van der Waals surface area contributed by atoms with Gasteiger partial charge in [-0.1, -0.05) is 11.6 Å². The molecule has 1 fully saturated rings. The second-order valence-corrected chi connectivity index (χ2v) is 11.6. The molecule has 204 valence electrons. The monoisotopic (exact) mass is 562 g/mol. The predicted molar refractivity (Wildman–Crippen MR) is 143 cm³/mol. The zero-order valence-electron chi connectivity index (χ0n) is 21.9. The predicted octanol–water partition coefficient (Wildman–Crippen LogP) is 0.719. The molecule has 2 aromatic rings. The van der Waals surface area contributed by atoms with E-state index in [1.54, 1.807) is 44.0 Å². The highest BCUT2D eigenvalue weighted by molar-refractivity contribution is 7.13. The third kappa shape index (κ3) is 6.48. The van der Waals surface area contributed by atoms with Crippen molar-refractivity contribution in [3.05, 3.63) is 38.9 Å². The Bertz CT molecular complexity index is 1250. The Labute approximate surface area is 230 Å². The van der Waals surface area contributed by atoms with Gasteiger partial charge in [0.15, 0.2) is 5.01 Å². The van der Waals surface area contributed by atoms with Crippen molar-refractivity contribution in [3.63, 3.8) is 0 Å². The quantitative estimate of drug-likeness (QED) is 0.364. The topological polar surface area (TPSA) is 128 Å². The van der Waals surface area contributed by atoms with Gasteiger partial charge in [0.2, 0.25) is 5.91 Å². The Morgan fingerprint density at radius 1 is 1.13 bits per heavy atom. The lowest BCUT2D eigenvalue weighted by Crippen LogP contribution is -2.57. The van der Waals surface area contributed by atoms with Gasteiger partial charge in [0.25, 0.3) is 11.7 Å². The average molecular weight is 563 g/mol. The highest BCUT2D eigenvalue weighted by Crippen LogP contribution is 2.28. The van der Waals surface area contributed by atoms with Crippen LogP contribution in [-0.4, -0.2) is 78.2 Å². The van der Waals surface area contributed by atoms with E-state index in [4.69, 9.17) is 11.6 Å². The highest BCUT2D eigenvalue weighted by Gasteiger charge is 2.38. The summed E-state index contributed by atoms with van der Waals surface area (Å²) in [6, 6.07) is 2.14. The van der Waals surface area contributed by atoms with Gasteiger partial charge in [-0.05, 0) is 32.4 Å². The molecule has 4 amide bonds. The fourth-order valence-electron chi connectivity index (χ4n) is 4.85. The molecule has 3 atom stereocenters. The molecule has 0 radical (unpaired) electrons. The van der Waals surface area contributed by atoms with Crippen LogP contribution < -0.4 is 20.5 Å². The number of rotatable bonds is 5. The number of aryl methyl sites for hydroxylation is 1. The van der Waals surface area contributed by atoms with Crippen molar-refractivity contribution < 1.29 is 23.7 Å². The molecular weight excluding hydrogens is 530 g/mol. The number of amides is 4. The summed E-state index contributed by atoms with van der Waals surface area (Å²) < 4.78 is 1.60. The number of fused-ring (bicyclic) bond motifs is 1. The number of aromatic nitrogens is 2. The van der Waals surface area contributed by atoms with Gasteiger partial charge < -0.3 is 20.4 Å². The number of thiazole rings is 1. The molecule has 13 heteroatoms. The van der Waals surface area contributed by atoms with E-state index in [0.717, 1.165) is 30.1 Å². The molecule has 2 aromatic heterocycles. The van der Waals surface area contributed by atoms with Crippen LogP contribution in [0.5, 0.6) is 0 Å². The minimum Gasteiger partial charge on any atom is -0.349 e. The van der Waals surface area contributed by atoms with E-state index in [0.29, 0.717) is 35.1 Å². The number of nitrogens with zero attached hydrogens (tertiary/aromatic N) is 4. The number of carbonyl (C=O) groups excluding carboxylic acids is 4. The van der Waals surface area contributed by atoms with E-state index in [-0.39, 0.29) is 17.7 Å². The van der Waals surface area contributed by atoms with E-state index >= 15 is 0 Å². The van der Waals surface area contributed by atoms with Gasteiger partial charge in [0.05, 0.1) is 23.8 Å². The molecule has 2 aliphatic rings. The van der Waals surface area contributed by atoms with E-state index in [1.165, 1.54) is 16.2 Å². The van der Waals surface area contributed by atoms with Crippen LogP contribution in [0.3, 0.4) is 0 Å². The zero-order chi connectivity index (χ0) is 27.6. The first kappa shape index (κ1) is 27.9. The third-order valence-electron chi connectivity index (χ3n) is 6.93. The number of hydrogen-bond acceptors (Lipinski definition) is 7. The van der Waals surface area contributed by atoms with Crippen LogP contribution in [0.25, 0.3) is 0 Å². The molecule has 11 nitrogen and oxygen atoms in total. The summed E-state index contributed by atoms with van der Waals surface area (Å²) in [6.07, 6.45) is 3.70. The molecule has 0 saturated heterocycles. The third-order valence-corrected chi connectivity index (χ3v) is 8.24. The number of carbonyl (C=O) groups is 4. The number of nitrogens with one attached hydrogen (secondary N) is 3. The summed E-state index contributed by atoms with van der Waals surface area (Å²) in [4.78, 5) is 60.7. The van der Waals surface area contributed by atoms with Crippen molar-refractivity contribution in [1.82, 2.24) is 25.4 Å². The van der Waals surface area contributed by atoms with E-state index in [1.807, 2.05) is 7.05 Å². The van der Waals surface area contributed by atoms with Crippen molar-refractivity contribution in [3.8, 4) is 0 Å². The first-order valence-corrected chi connectivity index (χ1v) is 13.7. The van der Waals surface area contributed by atoms with Gasteiger partial charge in [-0.15, -0.1) is 11.3 Å². The maximum absolute atomic E-state index is 13.2. The van der Waals surface area contributed by atoms with Gasteiger partial charge in [-0.3, -0.25) is 14.4 Å². The van der Waals surface area contributed by atoms with Gasteiger partial charge in [-0.2, -0.15) is 0 Å². The molecule has 0 bridgehead atoms. The Morgan fingerprint density at radius 3 is 2.61 bits per heavy atom. The second kappa shape index (κ2) is 11.7. The number of likely N-dealkylation sites (N-methyl/N-ethyl adjacent to an activating group) is 1. The van der Waals surface area contributed by atoms with Crippen LogP contribution in [0.1, 0.15) is 39.6 Å². The maximum Gasteiger partial charge on any atom is 0.396 e. The lowest BCUT2D eigenvalue weighted by molar-refractivity contribution is -0.656. The number of pyridine rings is 1. The summed E-state index contributed by atoms with van der Waals surface area (Å²) in [7, 11) is 7.12. The minimum atomic E-state index is -0.837. The number of anilines is 1. The lowest BCUT2D eigenvalue weighted by Gasteiger charge is -2.36. The molecule has 1 aliphatic carbocycles. The minimum absolute atomic E-state index is 0.0326. The van der Waals surface area contributed by atoms with Gasteiger partial charge in [0, 0.05) is 56.5 Å². The van der Waals surface area contributed by atoms with Crippen molar-refractivity contribution in [2.75, 3.05) is 33.0 Å². The normalized spacial score (nSPS) is 21.2. The van der Waals surface area contributed by atoms with Crippen LogP contribution in [-0.2, 0) is 34.4 Å². The number of hydrogen-bond donors (Lipinski definition) is 3. The largest absolute Gasteiger partial charge is 0.396 e. The average Bonchev–Trinajstić information content (AvgIpc) is 3.29. The van der Waals surface area contributed by atoms with E-state index in [9.17, 15) is 19.2 Å². The molecule has 0 spiro atoms. The molecule has 3 N–H and O–H groups in total. The van der Waals surface area contributed by atoms with Crippen LogP contribution in [0.15, 0.2) is 18.3 Å². The molecule has 3 unspecified atom stereocenters. The van der Waals surface area contributed by atoms with Crippen molar-refractivity contribution in [2.24, 2.45) is 13.0 Å². The Kier molecular flexibility index (Phi) is 8.64. The molecule has 4 rings (SSSR count). The SMILES string of the molecule is CN1CCc2nc(C(=O)NC3CC(C(=O)N(C)C)CCC3NC(=O)C(=O)Nc3ccc(Cl)c[n+]3C)sc2C1. The molecule has 1 saturated carbocycles. The first-order chi connectivity index (χ1) is 18.0. The van der Waals surface area contributed by atoms with Crippen LogP contribution >= 0.6 is 22.9 Å². The van der Waals surface area contributed by atoms with Crippen molar-refractivity contribution >= 4 is 52.4 Å². The van der Waals surface area contributed by atoms with Crippen molar-refractivity contribution in [2.45, 2.75) is 44.3 Å². The van der Waals surface area contributed by atoms with Gasteiger partial charge in [-0.25, -0.2) is 19.7 Å². The Balaban J connectivity index is 1.46. The smallest absolute Gasteiger partial charge is 0.349 e. The summed E-state index contributed by atoms with van der Waals surface area (Å²) in [5.74, 6) is -1.94. The molecule has 38 heavy (non-hydrogen) atoms. The Hall–Kier alpha value is -3.09. The summed E-state index contributed by atoms with van der Waals surface area (Å²) >= 11 is 7.32. The Morgan fingerprint density at radius 2 is 1.89 bits per heavy atom. The van der Waals surface area contributed by atoms with Crippen LogP contribution in [0.2, 0.25) is 5.02 Å². The molecule has 1 aliphatic heterocycles. The zero-order valence-corrected chi connectivity index (χ0v) is 23.5. The fraction of sp³-hybridized carbons (Fsp3) is 0.520. The highest BCUT2D eigenvalue weighted by atomic mass is 35.5. The summed E-state index contributed by atoms with van der Waals surface area (Å²) in [6.45, 7) is 1.64. The fourth-order valence-corrected chi connectivity index (χ4v) is 6.15. The summed E-state index contributed by atoms with van der Waals surface area (Å²) in [5.41, 5.74) is 0.944. The molecule has 3 heterocycles. The first-order valence-electron chi connectivity index (χ1n) is 12.5. The summed E-state index contributed by atoms with van der Waals surface area (Å²) in [5, 5.41) is 9.20. The van der Waals surface area contributed by atoms with Gasteiger partial charge >= 0.3 is 11.8 Å². The number of halogens is 1. The van der Waals surface area contributed by atoms with Crippen molar-refractivity contribution in [1.29, 1.82) is 0 Å². The van der Waals surface area contributed by atoms with Crippen LogP contribution in [0.4, 0.5) is 5.82 Å². The molecular formula is C25H33ClN7O4S+.